The van der Waals surface area contributed by atoms with Crippen LogP contribution in [0.4, 0.5) is 0 Å². The van der Waals surface area contributed by atoms with Crippen molar-refractivity contribution in [2.45, 2.75) is 17.6 Å². The van der Waals surface area contributed by atoms with E-state index in [9.17, 15) is 9.59 Å². The minimum atomic E-state index is -1.84. The molecule has 0 amide bonds. The number of H-pyrrole nitrogens is 1. The Kier molecular flexibility index (Phi) is 4.30. The number of halogens is 3. The topological polar surface area (TPSA) is 72.0 Å². The molecule has 9 heteroatoms. The van der Waals surface area contributed by atoms with Crippen LogP contribution in [0.15, 0.2) is 4.79 Å². The number of ether oxygens (including phenoxy) is 1. The maximum absolute atomic E-state index is 12.0. The smallest absolute Gasteiger partial charge is 0.348 e. The first kappa shape index (κ1) is 15.6. The summed E-state index contributed by atoms with van der Waals surface area (Å²) < 4.78 is 3.09. The van der Waals surface area contributed by atoms with Gasteiger partial charge in [0.05, 0.1) is 12.0 Å². The quantitative estimate of drug-likeness (QED) is 0.663. The molecule has 2 aromatic heterocycles. The highest BCUT2D eigenvalue weighted by Gasteiger charge is 2.28. The number of alkyl halides is 3. The van der Waals surface area contributed by atoms with Crippen molar-refractivity contribution in [1.29, 1.82) is 0 Å². The van der Waals surface area contributed by atoms with E-state index in [-0.39, 0.29) is 12.4 Å². The maximum Gasteiger partial charge on any atom is 0.348 e. The summed E-state index contributed by atoms with van der Waals surface area (Å²) in [5.74, 6) is -0.584. The van der Waals surface area contributed by atoms with Crippen LogP contribution in [0.1, 0.15) is 28.0 Å². The molecule has 0 unspecified atom stereocenters. The predicted octanol–water partition coefficient (Wildman–Crippen LogP) is 3.30. The molecule has 0 bridgehead atoms. The van der Waals surface area contributed by atoms with Crippen LogP contribution in [0.5, 0.6) is 0 Å². The van der Waals surface area contributed by atoms with Gasteiger partial charge in [0, 0.05) is 0 Å². The molecular weight excluding hydrogens is 347 g/mol. The summed E-state index contributed by atoms with van der Waals surface area (Å²) in [6.45, 7) is 3.60. The molecule has 2 aromatic rings. The molecule has 5 nitrogen and oxygen atoms in total. The van der Waals surface area contributed by atoms with Gasteiger partial charge in [-0.05, 0) is 19.4 Å². The predicted molar refractivity (Wildman–Crippen MR) is 80.2 cm³/mol. The lowest BCUT2D eigenvalue weighted by molar-refractivity contribution is 0.0531. The molecule has 0 radical (unpaired) electrons. The van der Waals surface area contributed by atoms with E-state index in [1.54, 1.807) is 13.8 Å². The molecule has 0 aliphatic carbocycles. The number of thiophene rings is 1. The summed E-state index contributed by atoms with van der Waals surface area (Å²) in [6.07, 6.45) is 0. The van der Waals surface area contributed by atoms with Crippen LogP contribution in [-0.4, -0.2) is 22.5 Å². The highest BCUT2D eigenvalue weighted by molar-refractivity contribution is 7.20. The van der Waals surface area contributed by atoms with Crippen LogP contribution in [-0.2, 0) is 8.53 Å². The molecule has 0 saturated heterocycles. The monoisotopic (exact) mass is 354 g/mol. The Labute approximate surface area is 132 Å². The number of esters is 1. The molecule has 2 heterocycles. The second kappa shape index (κ2) is 5.52. The van der Waals surface area contributed by atoms with Crippen molar-refractivity contribution >= 4 is 62.3 Å². The lowest BCUT2D eigenvalue weighted by Gasteiger charge is -2.08. The van der Waals surface area contributed by atoms with Gasteiger partial charge in [0.2, 0.25) is 3.79 Å². The fourth-order valence-electron chi connectivity index (χ4n) is 1.67. The first-order valence-corrected chi connectivity index (χ1v) is 7.48. The molecular formula is C11H9Cl3N2O3S. The van der Waals surface area contributed by atoms with Crippen molar-refractivity contribution in [2.75, 3.05) is 6.61 Å². The van der Waals surface area contributed by atoms with Gasteiger partial charge in [-0.25, -0.2) is 9.78 Å². The molecule has 108 valence electrons. The molecule has 0 aliphatic heterocycles. The Morgan fingerprint density at radius 1 is 1.45 bits per heavy atom. The molecule has 2 rings (SSSR count). The van der Waals surface area contributed by atoms with Crippen molar-refractivity contribution < 1.29 is 9.53 Å². The van der Waals surface area contributed by atoms with Crippen LogP contribution in [0.25, 0.3) is 10.2 Å². The maximum atomic E-state index is 12.0. The van der Waals surface area contributed by atoms with Crippen LogP contribution in [0.2, 0.25) is 0 Å². The van der Waals surface area contributed by atoms with Crippen LogP contribution in [0, 0.1) is 6.92 Å². The van der Waals surface area contributed by atoms with E-state index in [0.717, 1.165) is 11.3 Å². The summed E-state index contributed by atoms with van der Waals surface area (Å²) in [5.41, 5.74) is 0.0497. The SMILES string of the molecule is CCOC(=O)c1sc2nc(C(Cl)(Cl)Cl)[nH]c(=O)c2c1C. The van der Waals surface area contributed by atoms with Crippen LogP contribution >= 0.6 is 46.1 Å². The van der Waals surface area contributed by atoms with E-state index in [1.807, 2.05) is 0 Å². The lowest BCUT2D eigenvalue weighted by atomic mass is 10.2. The summed E-state index contributed by atoms with van der Waals surface area (Å²) in [6, 6.07) is 0. The second-order valence-electron chi connectivity index (χ2n) is 3.87. The van der Waals surface area contributed by atoms with Gasteiger partial charge in [-0.15, -0.1) is 11.3 Å². The molecule has 0 fully saturated rings. The van der Waals surface area contributed by atoms with Crippen molar-refractivity contribution in [2.24, 2.45) is 0 Å². The third kappa shape index (κ3) is 2.79. The Morgan fingerprint density at radius 2 is 2.10 bits per heavy atom. The number of carbonyl (C=O) groups is 1. The van der Waals surface area contributed by atoms with E-state index in [0.29, 0.717) is 20.7 Å². The fraction of sp³-hybridized carbons (Fsp3) is 0.364. The molecule has 1 N–H and O–H groups in total. The van der Waals surface area contributed by atoms with Gasteiger partial charge in [0.25, 0.3) is 5.56 Å². The zero-order valence-corrected chi connectivity index (χ0v) is 13.5. The Hall–Kier alpha value is -0.820. The number of hydrogen-bond acceptors (Lipinski definition) is 5. The van der Waals surface area contributed by atoms with Crippen molar-refractivity contribution in [3.8, 4) is 0 Å². The van der Waals surface area contributed by atoms with E-state index in [4.69, 9.17) is 39.5 Å². The van der Waals surface area contributed by atoms with Crippen molar-refractivity contribution in [3.05, 3.63) is 26.6 Å². The average Bonchev–Trinajstić information content (AvgIpc) is 2.66. The third-order valence-corrected chi connectivity index (χ3v) is 4.23. The Balaban J connectivity index is 2.69. The van der Waals surface area contributed by atoms with E-state index < -0.39 is 15.3 Å². The van der Waals surface area contributed by atoms with Gasteiger partial charge in [0.15, 0.2) is 5.82 Å². The number of rotatable bonds is 2. The second-order valence-corrected chi connectivity index (χ2v) is 7.15. The third-order valence-electron chi connectivity index (χ3n) is 2.53. The first-order valence-electron chi connectivity index (χ1n) is 5.53. The van der Waals surface area contributed by atoms with E-state index in [1.165, 1.54) is 0 Å². The highest BCUT2D eigenvalue weighted by atomic mass is 35.6. The van der Waals surface area contributed by atoms with Gasteiger partial charge in [0.1, 0.15) is 9.71 Å². The van der Waals surface area contributed by atoms with Gasteiger partial charge in [-0.2, -0.15) is 0 Å². The molecule has 0 saturated carbocycles. The summed E-state index contributed by atoms with van der Waals surface area (Å²) in [4.78, 5) is 31.0. The molecule has 0 aromatic carbocycles. The number of aryl methyl sites for hydroxylation is 1. The number of carbonyl (C=O) groups excluding carboxylic acids is 1. The number of nitrogens with zero attached hydrogens (tertiary/aromatic N) is 1. The van der Waals surface area contributed by atoms with Crippen LogP contribution in [0.3, 0.4) is 0 Å². The van der Waals surface area contributed by atoms with E-state index >= 15 is 0 Å². The van der Waals surface area contributed by atoms with Gasteiger partial charge in [-0.1, -0.05) is 34.8 Å². The minimum absolute atomic E-state index is 0.0864. The fourth-order valence-corrected chi connectivity index (χ4v) is 3.01. The molecule has 0 aliphatic rings. The zero-order chi connectivity index (χ0) is 15.1. The first-order chi connectivity index (χ1) is 9.25. The van der Waals surface area contributed by atoms with Crippen LogP contribution < -0.4 is 5.56 Å². The average molecular weight is 356 g/mol. The Bertz CT molecular complexity index is 733. The summed E-state index contributed by atoms with van der Waals surface area (Å²) in [5, 5.41) is 0.302. The van der Waals surface area contributed by atoms with Crippen molar-refractivity contribution in [3.63, 3.8) is 0 Å². The summed E-state index contributed by atoms with van der Waals surface area (Å²) in [7, 11) is 0. The summed E-state index contributed by atoms with van der Waals surface area (Å²) >= 11 is 18.1. The number of hydrogen-bond donors (Lipinski definition) is 1. The van der Waals surface area contributed by atoms with Gasteiger partial charge >= 0.3 is 5.97 Å². The number of aromatic amines is 1. The number of aromatic nitrogens is 2. The van der Waals surface area contributed by atoms with Gasteiger partial charge < -0.3 is 9.72 Å². The lowest BCUT2D eigenvalue weighted by Crippen LogP contribution is -2.16. The highest BCUT2D eigenvalue weighted by Crippen LogP contribution is 2.37. The van der Waals surface area contributed by atoms with Crippen molar-refractivity contribution in [1.82, 2.24) is 9.97 Å². The van der Waals surface area contributed by atoms with E-state index in [2.05, 4.69) is 9.97 Å². The molecule has 20 heavy (non-hydrogen) atoms. The standard InChI is InChI=1S/C11H9Cl3N2O3S/c1-3-19-9(18)6-4(2)5-7(17)15-10(11(12,13)14)16-8(5)20-6/h3H2,1-2H3,(H,15,16,17). The zero-order valence-electron chi connectivity index (χ0n) is 10.4. The number of fused-ring (bicyclic) bond motifs is 1. The largest absolute Gasteiger partial charge is 0.462 e. The Morgan fingerprint density at radius 3 is 2.65 bits per heavy atom. The minimum Gasteiger partial charge on any atom is -0.462 e. The van der Waals surface area contributed by atoms with Gasteiger partial charge in [-0.3, -0.25) is 4.79 Å². The molecule has 0 spiro atoms. The number of nitrogens with one attached hydrogen (secondary N) is 1. The molecule has 0 atom stereocenters. The normalized spacial score (nSPS) is 11.8.